The molecule has 4 aliphatic rings. The molecule has 32 heavy (non-hydrogen) atoms. The van der Waals surface area contributed by atoms with Gasteiger partial charge in [0, 0.05) is 49.4 Å². The van der Waals surface area contributed by atoms with Crippen LogP contribution in [-0.4, -0.2) is 71.7 Å². The number of rotatable bonds is 4. The largest absolute Gasteiger partial charge is 0.335 e. The van der Waals surface area contributed by atoms with Gasteiger partial charge in [0.1, 0.15) is 4.88 Å². The molecule has 1 saturated carbocycles. The Morgan fingerprint density at radius 3 is 2.28 bits per heavy atom. The average Bonchev–Trinajstić information content (AvgIpc) is 3.56. The van der Waals surface area contributed by atoms with E-state index in [0.29, 0.717) is 36.1 Å². The van der Waals surface area contributed by atoms with Gasteiger partial charge in [-0.3, -0.25) is 24.2 Å². The summed E-state index contributed by atoms with van der Waals surface area (Å²) in [7, 11) is 0. The lowest BCUT2D eigenvalue weighted by Crippen LogP contribution is -2.50. The van der Waals surface area contributed by atoms with E-state index in [4.69, 9.17) is 11.6 Å². The zero-order chi connectivity index (χ0) is 22.0. The molecule has 1 aromatic carbocycles. The number of benzene rings is 1. The Balaban J connectivity index is 1.05. The van der Waals surface area contributed by atoms with E-state index >= 15 is 0 Å². The van der Waals surface area contributed by atoms with Gasteiger partial charge in [0.25, 0.3) is 5.91 Å². The third-order valence-electron chi connectivity index (χ3n) is 7.59. The van der Waals surface area contributed by atoms with E-state index in [2.05, 4.69) is 17.1 Å². The minimum atomic E-state index is -0.127. The molecule has 4 atom stereocenters. The Morgan fingerprint density at radius 2 is 1.62 bits per heavy atom. The molecule has 0 spiro atoms. The third kappa shape index (κ3) is 3.05. The normalized spacial score (nSPS) is 29.5. The second-order valence-corrected chi connectivity index (χ2v) is 10.6. The molecule has 8 heteroatoms. The predicted octanol–water partition coefficient (Wildman–Crippen LogP) is 3.12. The second-order valence-electron chi connectivity index (χ2n) is 9.20. The van der Waals surface area contributed by atoms with Crippen LogP contribution in [0.4, 0.5) is 0 Å². The van der Waals surface area contributed by atoms with Crippen molar-refractivity contribution in [1.29, 1.82) is 0 Å². The molecule has 3 fully saturated rings. The molecule has 3 heterocycles. The van der Waals surface area contributed by atoms with Crippen LogP contribution in [0.25, 0.3) is 10.1 Å². The van der Waals surface area contributed by atoms with Gasteiger partial charge in [0.2, 0.25) is 11.8 Å². The number of halogens is 1. The molecule has 2 saturated heterocycles. The van der Waals surface area contributed by atoms with Gasteiger partial charge < -0.3 is 4.90 Å². The topological polar surface area (TPSA) is 60.9 Å². The first kappa shape index (κ1) is 20.4. The molecule has 6 nitrogen and oxygen atoms in total. The Kier molecular flexibility index (Phi) is 4.89. The quantitative estimate of drug-likeness (QED) is 0.510. The predicted molar refractivity (Wildman–Crippen MR) is 124 cm³/mol. The zero-order valence-corrected chi connectivity index (χ0v) is 19.1. The van der Waals surface area contributed by atoms with Gasteiger partial charge in [-0.05, 0) is 24.3 Å². The number of carbonyl (C=O) groups is 3. The van der Waals surface area contributed by atoms with Crippen molar-refractivity contribution in [2.24, 2.45) is 23.7 Å². The lowest BCUT2D eigenvalue weighted by molar-refractivity contribution is -0.141. The second kappa shape index (κ2) is 7.68. The van der Waals surface area contributed by atoms with Gasteiger partial charge in [0.15, 0.2) is 0 Å². The summed E-state index contributed by atoms with van der Waals surface area (Å²) in [6, 6.07) is 7.81. The lowest BCUT2D eigenvalue weighted by atomic mass is 9.85. The Bertz CT molecular complexity index is 1120. The summed E-state index contributed by atoms with van der Waals surface area (Å²) in [6.07, 6.45) is 5.21. The molecule has 2 aliphatic carbocycles. The fourth-order valence-corrected chi connectivity index (χ4v) is 7.38. The molecular formula is C24H24ClN3O3S. The highest BCUT2D eigenvalue weighted by molar-refractivity contribution is 7.21. The molecule has 2 aliphatic heterocycles. The number of carbonyl (C=O) groups excluding carboxylic acids is 3. The van der Waals surface area contributed by atoms with Crippen LogP contribution < -0.4 is 0 Å². The van der Waals surface area contributed by atoms with Crippen molar-refractivity contribution in [2.45, 2.75) is 6.42 Å². The lowest BCUT2D eigenvalue weighted by Gasteiger charge is -2.35. The van der Waals surface area contributed by atoms with E-state index in [1.165, 1.54) is 16.2 Å². The van der Waals surface area contributed by atoms with Crippen molar-refractivity contribution in [1.82, 2.24) is 14.7 Å². The van der Waals surface area contributed by atoms with Crippen LogP contribution in [0.5, 0.6) is 0 Å². The van der Waals surface area contributed by atoms with Crippen molar-refractivity contribution in [3.05, 3.63) is 46.3 Å². The van der Waals surface area contributed by atoms with Gasteiger partial charge in [-0.25, -0.2) is 0 Å². The highest BCUT2D eigenvalue weighted by Crippen LogP contribution is 2.52. The van der Waals surface area contributed by atoms with Crippen molar-refractivity contribution < 1.29 is 14.4 Å². The van der Waals surface area contributed by atoms with Crippen LogP contribution in [0.2, 0.25) is 5.02 Å². The van der Waals surface area contributed by atoms with Crippen molar-refractivity contribution in [3.63, 3.8) is 0 Å². The summed E-state index contributed by atoms with van der Waals surface area (Å²) >= 11 is 7.94. The van der Waals surface area contributed by atoms with E-state index < -0.39 is 0 Å². The van der Waals surface area contributed by atoms with Gasteiger partial charge in [-0.1, -0.05) is 42.0 Å². The van der Waals surface area contributed by atoms with Crippen molar-refractivity contribution >= 4 is 50.7 Å². The summed E-state index contributed by atoms with van der Waals surface area (Å²) in [5.41, 5.74) is 0. The number of allylic oxidation sites excluding steroid dienone is 2. The minimum absolute atomic E-state index is 0.0171. The van der Waals surface area contributed by atoms with E-state index in [1.807, 2.05) is 29.2 Å². The molecule has 0 N–H and O–H groups in total. The molecule has 1 aromatic heterocycles. The standard InChI is InChI=1S/C24H24ClN3O3S/c25-20-16-3-1-2-4-17(16)32-21(20)24(31)27-10-7-26(8-11-27)9-12-28-22(29)18-14-5-6-15(13-14)19(18)23(28)30/h1-6,14-15,18-19H,7-13H2/t14-,15+,18-,19+. The zero-order valence-electron chi connectivity index (χ0n) is 17.6. The molecule has 2 aromatic rings. The van der Waals surface area contributed by atoms with Gasteiger partial charge >= 0.3 is 0 Å². The smallest absolute Gasteiger partial charge is 0.265 e. The molecule has 0 unspecified atom stereocenters. The van der Waals surface area contributed by atoms with E-state index in [9.17, 15) is 14.4 Å². The van der Waals surface area contributed by atoms with Crippen molar-refractivity contribution in [2.75, 3.05) is 39.3 Å². The number of likely N-dealkylation sites (tertiary alicyclic amines) is 1. The molecule has 6 rings (SSSR count). The summed E-state index contributed by atoms with van der Waals surface area (Å²) in [5.74, 6) is 0.270. The third-order valence-corrected chi connectivity index (χ3v) is 9.25. The fourth-order valence-electron chi connectivity index (χ4n) is 5.90. The number of thiophene rings is 1. The van der Waals surface area contributed by atoms with Gasteiger partial charge in [0.05, 0.1) is 16.9 Å². The van der Waals surface area contributed by atoms with E-state index in [-0.39, 0.29) is 41.4 Å². The number of nitrogens with zero attached hydrogens (tertiary/aromatic N) is 3. The Labute approximate surface area is 195 Å². The van der Waals surface area contributed by atoms with Crippen LogP contribution in [0.3, 0.4) is 0 Å². The summed E-state index contributed by atoms with van der Waals surface area (Å²) < 4.78 is 1.02. The number of amides is 3. The minimum Gasteiger partial charge on any atom is -0.335 e. The number of fused-ring (bicyclic) bond motifs is 6. The van der Waals surface area contributed by atoms with Crippen LogP contribution in [0.15, 0.2) is 36.4 Å². The van der Waals surface area contributed by atoms with E-state index in [0.717, 1.165) is 29.6 Å². The first-order valence-electron chi connectivity index (χ1n) is 11.2. The maximum atomic E-state index is 13.1. The van der Waals surface area contributed by atoms with Crippen LogP contribution in [0, 0.1) is 23.7 Å². The summed E-state index contributed by atoms with van der Waals surface area (Å²) in [4.78, 5) is 44.9. The maximum absolute atomic E-state index is 13.1. The first-order chi connectivity index (χ1) is 15.5. The number of imide groups is 1. The highest BCUT2D eigenvalue weighted by atomic mass is 35.5. The van der Waals surface area contributed by atoms with Crippen molar-refractivity contribution in [3.8, 4) is 0 Å². The van der Waals surface area contributed by atoms with E-state index in [1.54, 1.807) is 0 Å². The van der Waals surface area contributed by atoms with Gasteiger partial charge in [-0.2, -0.15) is 0 Å². The molecule has 166 valence electrons. The molecule has 3 amide bonds. The molecular weight excluding hydrogens is 446 g/mol. The first-order valence-corrected chi connectivity index (χ1v) is 12.4. The van der Waals surface area contributed by atoms with Crippen LogP contribution >= 0.6 is 22.9 Å². The monoisotopic (exact) mass is 469 g/mol. The van der Waals surface area contributed by atoms with Crippen LogP contribution in [0.1, 0.15) is 16.1 Å². The SMILES string of the molecule is O=C(c1sc2ccccc2c1Cl)N1CCN(CCN2C(=O)[C@@H]3[C@H](C2=O)[C@@H]2C=C[C@H]3C2)CC1. The number of piperazine rings is 1. The van der Waals surface area contributed by atoms with Crippen LogP contribution in [-0.2, 0) is 9.59 Å². The maximum Gasteiger partial charge on any atom is 0.265 e. The fraction of sp³-hybridized carbons (Fsp3) is 0.458. The molecule has 0 radical (unpaired) electrons. The average molecular weight is 470 g/mol. The summed E-state index contributed by atoms with van der Waals surface area (Å²) in [5, 5.41) is 1.47. The number of hydrogen-bond donors (Lipinski definition) is 0. The van der Waals surface area contributed by atoms with Gasteiger partial charge in [-0.15, -0.1) is 11.3 Å². The summed E-state index contributed by atoms with van der Waals surface area (Å²) in [6.45, 7) is 3.79. The number of hydrogen-bond acceptors (Lipinski definition) is 5. The Morgan fingerprint density at radius 1 is 0.969 bits per heavy atom. The molecule has 2 bridgehead atoms. The Hall–Kier alpha value is -2.22. The highest BCUT2D eigenvalue weighted by Gasteiger charge is 2.59.